The molecule has 0 spiro atoms. The van der Waals surface area contributed by atoms with E-state index in [1.54, 1.807) is 11.8 Å². The standard InChI is InChI=1S/C30H23S2/c1-4-10-26(11-5-1)31-27-20-16-24(17-21-27)25-18-22-30(23-19-25)32(28-12-6-2-7-13-28)29-14-8-3-9-15-29/h1-23H/q+1. The second-order valence-electron chi connectivity index (χ2n) is 7.40. The monoisotopic (exact) mass is 447 g/mol. The summed E-state index contributed by atoms with van der Waals surface area (Å²) in [5.41, 5.74) is 2.49. The smallest absolute Gasteiger partial charge is 0.0901 e. The van der Waals surface area contributed by atoms with E-state index in [9.17, 15) is 0 Å². The lowest BCUT2D eigenvalue weighted by Crippen LogP contribution is -2.04. The quantitative estimate of drug-likeness (QED) is 0.235. The molecule has 0 aliphatic carbocycles. The van der Waals surface area contributed by atoms with Gasteiger partial charge in [-0.3, -0.25) is 0 Å². The van der Waals surface area contributed by atoms with Crippen LogP contribution in [0.4, 0.5) is 0 Å². The van der Waals surface area contributed by atoms with Crippen LogP contribution in [0.15, 0.2) is 164 Å². The van der Waals surface area contributed by atoms with Crippen molar-refractivity contribution >= 4 is 22.7 Å². The van der Waals surface area contributed by atoms with Gasteiger partial charge in [-0.2, -0.15) is 0 Å². The second kappa shape index (κ2) is 9.95. The van der Waals surface area contributed by atoms with Gasteiger partial charge in [0.15, 0.2) is 14.7 Å². The van der Waals surface area contributed by atoms with E-state index < -0.39 is 0 Å². The summed E-state index contributed by atoms with van der Waals surface area (Å²) in [5, 5.41) is 0. The molecule has 0 bridgehead atoms. The number of benzene rings is 5. The molecule has 0 heterocycles. The normalized spacial score (nSPS) is 10.9. The van der Waals surface area contributed by atoms with Crippen LogP contribution in [-0.4, -0.2) is 0 Å². The van der Waals surface area contributed by atoms with Crippen LogP contribution in [0.3, 0.4) is 0 Å². The van der Waals surface area contributed by atoms with Crippen molar-refractivity contribution in [2.24, 2.45) is 0 Å². The molecule has 32 heavy (non-hydrogen) atoms. The Morgan fingerprint density at radius 1 is 0.344 bits per heavy atom. The molecule has 5 rings (SSSR count). The lowest BCUT2D eigenvalue weighted by Gasteiger charge is -2.09. The Bertz CT molecular complexity index is 1210. The summed E-state index contributed by atoms with van der Waals surface area (Å²) >= 11 is 1.79. The van der Waals surface area contributed by atoms with E-state index in [1.165, 1.54) is 35.6 Å². The number of hydrogen-bond donors (Lipinski definition) is 0. The molecule has 2 heteroatoms. The summed E-state index contributed by atoms with van der Waals surface area (Å²) in [6.07, 6.45) is 0. The fourth-order valence-corrected chi connectivity index (χ4v) is 6.57. The molecule has 0 fully saturated rings. The average Bonchev–Trinajstić information content (AvgIpc) is 2.87. The number of hydrogen-bond acceptors (Lipinski definition) is 1. The van der Waals surface area contributed by atoms with Gasteiger partial charge in [0.2, 0.25) is 0 Å². The summed E-state index contributed by atoms with van der Waals surface area (Å²) in [6, 6.07) is 50.0. The lowest BCUT2D eigenvalue weighted by molar-refractivity contribution is 1.32. The fraction of sp³-hybridized carbons (Fsp3) is 0. The third kappa shape index (κ3) is 4.83. The molecule has 0 unspecified atom stereocenters. The molecule has 0 N–H and O–H groups in total. The van der Waals surface area contributed by atoms with E-state index in [2.05, 4.69) is 140 Å². The van der Waals surface area contributed by atoms with E-state index >= 15 is 0 Å². The molecule has 0 saturated carbocycles. The molecule has 154 valence electrons. The first-order valence-corrected chi connectivity index (χ1v) is 12.7. The molecule has 0 amide bonds. The summed E-state index contributed by atoms with van der Waals surface area (Å²) in [5.74, 6) is 0. The van der Waals surface area contributed by atoms with Gasteiger partial charge in [-0.1, -0.05) is 78.5 Å². The van der Waals surface area contributed by atoms with Gasteiger partial charge in [0.05, 0.1) is 10.9 Å². The lowest BCUT2D eigenvalue weighted by atomic mass is 10.1. The highest BCUT2D eigenvalue weighted by molar-refractivity contribution is 7.99. The van der Waals surface area contributed by atoms with E-state index in [0.29, 0.717) is 0 Å². The molecule has 0 aromatic heterocycles. The fourth-order valence-electron chi connectivity index (χ4n) is 3.64. The van der Waals surface area contributed by atoms with Gasteiger partial charge in [-0.15, -0.1) is 0 Å². The Morgan fingerprint density at radius 2 is 0.719 bits per heavy atom. The summed E-state index contributed by atoms with van der Waals surface area (Å²) < 4.78 is 0. The van der Waals surface area contributed by atoms with Crippen molar-refractivity contribution in [1.29, 1.82) is 0 Å². The highest BCUT2D eigenvalue weighted by Gasteiger charge is 2.28. The maximum absolute atomic E-state index is 2.28. The van der Waals surface area contributed by atoms with Gasteiger partial charge in [0.1, 0.15) is 0 Å². The Labute approximate surface area is 197 Å². The third-order valence-electron chi connectivity index (χ3n) is 5.21. The molecule has 5 aromatic rings. The van der Waals surface area contributed by atoms with Crippen LogP contribution in [0, 0.1) is 0 Å². The van der Waals surface area contributed by atoms with Crippen molar-refractivity contribution in [2.45, 2.75) is 24.5 Å². The van der Waals surface area contributed by atoms with Crippen LogP contribution in [0.1, 0.15) is 0 Å². The van der Waals surface area contributed by atoms with Gasteiger partial charge in [-0.25, -0.2) is 0 Å². The minimum Gasteiger partial charge on any atom is -0.0901 e. The van der Waals surface area contributed by atoms with Crippen LogP contribution in [-0.2, 0) is 10.9 Å². The molecule has 0 atom stereocenters. The van der Waals surface area contributed by atoms with E-state index in [0.717, 1.165) is 0 Å². The molecule has 5 aromatic carbocycles. The largest absolute Gasteiger partial charge is 0.166 e. The van der Waals surface area contributed by atoms with Crippen LogP contribution in [0.25, 0.3) is 11.1 Å². The Balaban J connectivity index is 1.40. The van der Waals surface area contributed by atoms with Crippen molar-refractivity contribution in [3.8, 4) is 11.1 Å². The summed E-state index contributed by atoms with van der Waals surface area (Å²) in [4.78, 5) is 6.54. The second-order valence-corrected chi connectivity index (χ2v) is 10.6. The molecular formula is C30H23S2+. The Kier molecular flexibility index (Phi) is 6.43. The van der Waals surface area contributed by atoms with E-state index in [1.807, 2.05) is 0 Å². The number of rotatable bonds is 6. The van der Waals surface area contributed by atoms with Gasteiger partial charge < -0.3 is 0 Å². The summed E-state index contributed by atoms with van der Waals surface area (Å²) in [6.45, 7) is 0. The Hall–Kier alpha value is -3.20. The first-order chi connectivity index (χ1) is 15.9. The third-order valence-corrected chi connectivity index (χ3v) is 8.46. The zero-order chi connectivity index (χ0) is 21.6. The first-order valence-electron chi connectivity index (χ1n) is 10.6. The van der Waals surface area contributed by atoms with Crippen LogP contribution in [0.2, 0.25) is 0 Å². The van der Waals surface area contributed by atoms with Crippen LogP contribution >= 0.6 is 11.8 Å². The highest BCUT2D eigenvalue weighted by Crippen LogP contribution is 2.33. The average molecular weight is 448 g/mol. The SMILES string of the molecule is c1ccc(Sc2ccc(-c3ccc([S+](c4ccccc4)c4ccccc4)cc3)cc2)cc1. The van der Waals surface area contributed by atoms with Crippen molar-refractivity contribution in [3.05, 3.63) is 140 Å². The van der Waals surface area contributed by atoms with Gasteiger partial charge in [-0.05, 0) is 83.9 Å². The minimum absolute atomic E-state index is 0.109. The predicted octanol–water partition coefficient (Wildman–Crippen LogP) is 8.60. The Morgan fingerprint density at radius 3 is 1.22 bits per heavy atom. The van der Waals surface area contributed by atoms with Gasteiger partial charge in [0, 0.05) is 9.79 Å². The topological polar surface area (TPSA) is 0 Å². The van der Waals surface area contributed by atoms with Gasteiger partial charge in [0.25, 0.3) is 0 Å². The van der Waals surface area contributed by atoms with Crippen molar-refractivity contribution < 1.29 is 0 Å². The van der Waals surface area contributed by atoms with Crippen LogP contribution in [0.5, 0.6) is 0 Å². The zero-order valence-electron chi connectivity index (χ0n) is 17.6. The molecule has 0 aliphatic rings. The molecular weight excluding hydrogens is 424 g/mol. The van der Waals surface area contributed by atoms with Crippen molar-refractivity contribution in [2.75, 3.05) is 0 Å². The van der Waals surface area contributed by atoms with E-state index in [-0.39, 0.29) is 10.9 Å². The summed E-state index contributed by atoms with van der Waals surface area (Å²) in [7, 11) is -0.109. The molecule has 0 nitrogen and oxygen atoms in total. The first kappa shape index (κ1) is 20.7. The molecule has 0 saturated heterocycles. The maximum atomic E-state index is 2.28. The zero-order valence-corrected chi connectivity index (χ0v) is 19.2. The maximum Gasteiger partial charge on any atom is 0.166 e. The molecule has 0 radical (unpaired) electrons. The minimum atomic E-state index is -0.109. The highest BCUT2D eigenvalue weighted by atomic mass is 32.2. The van der Waals surface area contributed by atoms with E-state index in [4.69, 9.17) is 0 Å². The van der Waals surface area contributed by atoms with Crippen molar-refractivity contribution in [1.82, 2.24) is 0 Å². The molecule has 0 aliphatic heterocycles. The predicted molar refractivity (Wildman–Crippen MR) is 137 cm³/mol. The van der Waals surface area contributed by atoms with Crippen molar-refractivity contribution in [3.63, 3.8) is 0 Å². The van der Waals surface area contributed by atoms with Gasteiger partial charge >= 0.3 is 0 Å². The van der Waals surface area contributed by atoms with Crippen LogP contribution < -0.4 is 0 Å².